The molecule has 1 N–H and O–H groups in total. The highest BCUT2D eigenvalue weighted by molar-refractivity contribution is 5.62. The van der Waals surface area contributed by atoms with Crippen LogP contribution < -0.4 is 5.32 Å². The van der Waals surface area contributed by atoms with E-state index in [2.05, 4.69) is 39.6 Å². The van der Waals surface area contributed by atoms with Gasteiger partial charge in [-0.05, 0) is 24.3 Å². The molecule has 1 aromatic heterocycles. The number of aromatic nitrogens is 2. The van der Waals surface area contributed by atoms with Gasteiger partial charge >= 0.3 is 0 Å². The summed E-state index contributed by atoms with van der Waals surface area (Å²) < 4.78 is 0. The fourth-order valence-electron chi connectivity index (χ4n) is 2.32. The Morgan fingerprint density at radius 1 is 1.11 bits per heavy atom. The van der Waals surface area contributed by atoms with Crippen molar-refractivity contribution in [3.8, 4) is 11.3 Å². The Balaban J connectivity index is 1.86. The van der Waals surface area contributed by atoms with Gasteiger partial charge in [-0.3, -0.25) is 0 Å². The third-order valence-corrected chi connectivity index (χ3v) is 3.71. The van der Waals surface area contributed by atoms with Crippen molar-refractivity contribution < 1.29 is 0 Å². The van der Waals surface area contributed by atoms with Gasteiger partial charge in [0.15, 0.2) is 0 Å². The second kappa shape index (κ2) is 4.77. The summed E-state index contributed by atoms with van der Waals surface area (Å²) in [7, 11) is 1.87. The van der Waals surface area contributed by atoms with Gasteiger partial charge in [-0.1, -0.05) is 30.7 Å². The van der Waals surface area contributed by atoms with Crippen LogP contribution in [0.2, 0.25) is 0 Å². The summed E-state index contributed by atoms with van der Waals surface area (Å²) in [5, 5.41) is 3.03. The van der Waals surface area contributed by atoms with Gasteiger partial charge < -0.3 is 5.32 Å². The Morgan fingerprint density at radius 3 is 2.50 bits per heavy atom. The van der Waals surface area contributed by atoms with Crippen LogP contribution in [0.15, 0.2) is 36.7 Å². The predicted octanol–water partition coefficient (Wildman–Crippen LogP) is 3.45. The summed E-state index contributed by atoms with van der Waals surface area (Å²) in [5.74, 6) is 1.64. The van der Waals surface area contributed by atoms with Crippen molar-refractivity contribution in [3.63, 3.8) is 0 Å². The van der Waals surface area contributed by atoms with E-state index >= 15 is 0 Å². The zero-order chi connectivity index (χ0) is 12.4. The third-order valence-electron chi connectivity index (χ3n) is 3.71. The van der Waals surface area contributed by atoms with Gasteiger partial charge in [0.1, 0.15) is 12.1 Å². The van der Waals surface area contributed by atoms with Crippen LogP contribution >= 0.6 is 0 Å². The molecule has 3 rings (SSSR count). The molecule has 3 nitrogen and oxygen atoms in total. The van der Waals surface area contributed by atoms with Crippen LogP contribution in [-0.4, -0.2) is 17.0 Å². The first kappa shape index (κ1) is 11.2. The molecule has 3 heteroatoms. The molecular weight excluding hydrogens is 222 g/mol. The highest BCUT2D eigenvalue weighted by atomic mass is 15.0. The van der Waals surface area contributed by atoms with E-state index in [1.165, 1.54) is 24.8 Å². The van der Waals surface area contributed by atoms with Gasteiger partial charge in [-0.15, -0.1) is 0 Å². The summed E-state index contributed by atoms with van der Waals surface area (Å²) in [6.07, 6.45) is 5.67. The van der Waals surface area contributed by atoms with E-state index in [1.54, 1.807) is 6.33 Å². The lowest BCUT2D eigenvalue weighted by Gasteiger charge is -2.25. The van der Waals surface area contributed by atoms with E-state index in [-0.39, 0.29) is 0 Å². The Labute approximate surface area is 107 Å². The van der Waals surface area contributed by atoms with Crippen LogP contribution in [0.3, 0.4) is 0 Å². The molecule has 2 aromatic rings. The molecule has 18 heavy (non-hydrogen) atoms. The van der Waals surface area contributed by atoms with Gasteiger partial charge in [0.05, 0.1) is 5.69 Å². The Bertz CT molecular complexity index is 530. The van der Waals surface area contributed by atoms with Crippen molar-refractivity contribution in [2.75, 3.05) is 12.4 Å². The molecule has 1 aromatic carbocycles. The van der Waals surface area contributed by atoms with E-state index in [0.29, 0.717) is 0 Å². The van der Waals surface area contributed by atoms with Crippen LogP contribution in [0.5, 0.6) is 0 Å². The minimum absolute atomic E-state index is 0.789. The first-order valence-corrected chi connectivity index (χ1v) is 6.47. The minimum atomic E-state index is 0.789. The monoisotopic (exact) mass is 239 g/mol. The van der Waals surface area contributed by atoms with E-state index in [0.717, 1.165) is 23.0 Å². The summed E-state index contributed by atoms with van der Waals surface area (Å²) in [6, 6.07) is 10.8. The van der Waals surface area contributed by atoms with E-state index in [9.17, 15) is 0 Å². The number of hydrogen-bond donors (Lipinski definition) is 1. The van der Waals surface area contributed by atoms with Crippen molar-refractivity contribution in [3.05, 3.63) is 42.2 Å². The van der Waals surface area contributed by atoms with E-state index in [4.69, 9.17) is 0 Å². The molecule has 1 saturated carbocycles. The smallest absolute Gasteiger partial charge is 0.129 e. The topological polar surface area (TPSA) is 37.8 Å². The molecule has 0 spiro atoms. The quantitative estimate of drug-likeness (QED) is 0.891. The van der Waals surface area contributed by atoms with Gasteiger partial charge in [0, 0.05) is 18.7 Å². The first-order valence-electron chi connectivity index (χ1n) is 6.47. The SMILES string of the molecule is CNc1cc(-c2ccc(C3CCC3)cc2)ncn1. The highest BCUT2D eigenvalue weighted by Crippen LogP contribution is 2.36. The van der Waals surface area contributed by atoms with Crippen LogP contribution in [0.25, 0.3) is 11.3 Å². The van der Waals surface area contributed by atoms with Crippen molar-refractivity contribution >= 4 is 5.82 Å². The molecule has 1 aliphatic carbocycles. The van der Waals surface area contributed by atoms with Gasteiger partial charge in [0.2, 0.25) is 0 Å². The predicted molar refractivity (Wildman–Crippen MR) is 73.6 cm³/mol. The molecule has 92 valence electrons. The second-order valence-corrected chi connectivity index (χ2v) is 4.79. The standard InChI is InChI=1S/C15H17N3/c1-16-15-9-14(17-10-18-15)13-7-5-12(6-8-13)11-3-2-4-11/h5-11H,2-4H2,1H3,(H,16,17,18). The fraction of sp³-hybridized carbons (Fsp3) is 0.333. The Hall–Kier alpha value is -1.90. The minimum Gasteiger partial charge on any atom is -0.373 e. The molecule has 0 bridgehead atoms. The van der Waals surface area contributed by atoms with Crippen LogP contribution in [0.4, 0.5) is 5.82 Å². The number of rotatable bonds is 3. The van der Waals surface area contributed by atoms with Crippen molar-refractivity contribution in [1.29, 1.82) is 0 Å². The highest BCUT2D eigenvalue weighted by Gasteiger charge is 2.19. The molecule has 0 amide bonds. The van der Waals surface area contributed by atoms with E-state index < -0.39 is 0 Å². The third kappa shape index (κ3) is 2.08. The molecule has 0 saturated heterocycles. The van der Waals surface area contributed by atoms with Crippen molar-refractivity contribution in [2.24, 2.45) is 0 Å². The summed E-state index contributed by atoms with van der Waals surface area (Å²) in [4.78, 5) is 8.44. The molecule has 0 unspecified atom stereocenters. The Kier molecular flexibility index (Phi) is 2.97. The maximum atomic E-state index is 4.32. The normalized spacial score (nSPS) is 15.2. The number of nitrogens with zero attached hydrogens (tertiary/aromatic N) is 2. The summed E-state index contributed by atoms with van der Waals surface area (Å²) in [6.45, 7) is 0. The zero-order valence-electron chi connectivity index (χ0n) is 10.6. The average Bonchev–Trinajstić information content (AvgIpc) is 2.38. The fourth-order valence-corrected chi connectivity index (χ4v) is 2.32. The zero-order valence-corrected chi connectivity index (χ0v) is 10.6. The van der Waals surface area contributed by atoms with Crippen LogP contribution in [0, 0.1) is 0 Å². The maximum Gasteiger partial charge on any atom is 0.129 e. The second-order valence-electron chi connectivity index (χ2n) is 4.79. The summed E-state index contributed by atoms with van der Waals surface area (Å²) in [5.41, 5.74) is 3.58. The molecule has 1 heterocycles. The van der Waals surface area contributed by atoms with Crippen LogP contribution in [0.1, 0.15) is 30.7 Å². The number of anilines is 1. The lowest BCUT2D eigenvalue weighted by atomic mass is 9.80. The van der Waals surface area contributed by atoms with Gasteiger partial charge in [0.25, 0.3) is 0 Å². The largest absolute Gasteiger partial charge is 0.373 e. The molecule has 0 aliphatic heterocycles. The molecule has 0 radical (unpaired) electrons. The molecular formula is C15H17N3. The summed E-state index contributed by atoms with van der Waals surface area (Å²) >= 11 is 0. The number of hydrogen-bond acceptors (Lipinski definition) is 3. The molecule has 1 fully saturated rings. The van der Waals surface area contributed by atoms with Crippen molar-refractivity contribution in [2.45, 2.75) is 25.2 Å². The lowest BCUT2D eigenvalue weighted by molar-refractivity contribution is 0.420. The first-order chi connectivity index (χ1) is 8.86. The van der Waals surface area contributed by atoms with E-state index in [1.807, 2.05) is 13.1 Å². The molecule has 0 atom stereocenters. The average molecular weight is 239 g/mol. The van der Waals surface area contributed by atoms with Crippen LogP contribution in [-0.2, 0) is 0 Å². The number of nitrogens with one attached hydrogen (secondary N) is 1. The van der Waals surface area contributed by atoms with Gasteiger partial charge in [-0.25, -0.2) is 9.97 Å². The maximum absolute atomic E-state index is 4.32. The number of benzene rings is 1. The van der Waals surface area contributed by atoms with Gasteiger partial charge in [-0.2, -0.15) is 0 Å². The lowest BCUT2D eigenvalue weighted by Crippen LogP contribution is -2.08. The molecule has 1 aliphatic rings. The van der Waals surface area contributed by atoms with Crippen molar-refractivity contribution in [1.82, 2.24) is 9.97 Å². The Morgan fingerprint density at radius 2 is 1.89 bits per heavy atom.